The normalized spacial score (nSPS) is 11.0. The zero-order chi connectivity index (χ0) is 15.0. The topological polar surface area (TPSA) is 58.6 Å². The van der Waals surface area contributed by atoms with Crippen LogP contribution in [0.4, 0.5) is 8.78 Å². The first-order chi connectivity index (χ1) is 10.1. The molecule has 0 unspecified atom stereocenters. The fraction of sp³-hybridized carbons (Fsp3) is 0.133. The molecule has 1 aromatic carbocycles. The van der Waals surface area contributed by atoms with Crippen molar-refractivity contribution in [3.63, 3.8) is 0 Å². The molecule has 0 aliphatic heterocycles. The predicted molar refractivity (Wildman–Crippen MR) is 74.9 cm³/mol. The number of hydrogen-bond donors (Lipinski definition) is 1. The number of aromatic amines is 1. The number of nitrogens with zero attached hydrogens (tertiary/aromatic N) is 2. The molecule has 0 spiro atoms. The smallest absolute Gasteiger partial charge is 0.189 e. The molecule has 3 rings (SSSR count). The van der Waals surface area contributed by atoms with Crippen molar-refractivity contribution >= 4 is 10.9 Å². The van der Waals surface area contributed by atoms with E-state index in [1.54, 1.807) is 0 Å². The number of halogens is 2. The van der Waals surface area contributed by atoms with Crippen LogP contribution in [-0.4, -0.2) is 15.0 Å². The van der Waals surface area contributed by atoms with E-state index in [0.29, 0.717) is 12.1 Å². The summed E-state index contributed by atoms with van der Waals surface area (Å²) in [6, 6.07) is 2.39. The first kappa shape index (κ1) is 13.4. The molecule has 0 saturated carbocycles. The molecule has 0 aliphatic carbocycles. The number of fused-ring (bicyclic) bond motifs is 1. The van der Waals surface area contributed by atoms with Crippen molar-refractivity contribution in [2.45, 2.75) is 13.3 Å². The van der Waals surface area contributed by atoms with Crippen LogP contribution in [0.1, 0.15) is 12.6 Å². The minimum Gasteiger partial charge on any atom is -0.356 e. The molecule has 0 saturated heterocycles. The average molecular weight is 287 g/mol. The molecule has 2 aromatic heterocycles. The number of H-pyrrole nitrogens is 1. The molecule has 0 radical (unpaired) electrons. The molecule has 1 N–H and O–H groups in total. The van der Waals surface area contributed by atoms with Crippen molar-refractivity contribution in [2.75, 3.05) is 0 Å². The van der Waals surface area contributed by atoms with E-state index in [2.05, 4.69) is 15.0 Å². The van der Waals surface area contributed by atoms with Gasteiger partial charge in [0.15, 0.2) is 11.2 Å². The van der Waals surface area contributed by atoms with Crippen molar-refractivity contribution in [1.82, 2.24) is 15.0 Å². The third-order valence-corrected chi connectivity index (χ3v) is 3.30. The molecule has 106 valence electrons. The molecular weight excluding hydrogens is 276 g/mol. The lowest BCUT2D eigenvalue weighted by molar-refractivity contribution is 0.596. The Kier molecular flexibility index (Phi) is 3.21. The summed E-state index contributed by atoms with van der Waals surface area (Å²) in [6.45, 7) is 1.84. The summed E-state index contributed by atoms with van der Waals surface area (Å²) in [5, 5.41) is -0.0113. The Morgan fingerprint density at radius 1 is 1.19 bits per heavy atom. The van der Waals surface area contributed by atoms with Crippen LogP contribution in [0.2, 0.25) is 0 Å². The zero-order valence-corrected chi connectivity index (χ0v) is 11.2. The number of benzene rings is 1. The number of hydrogen-bond acceptors (Lipinski definition) is 3. The van der Waals surface area contributed by atoms with Crippen LogP contribution >= 0.6 is 0 Å². The zero-order valence-electron chi connectivity index (χ0n) is 11.2. The van der Waals surface area contributed by atoms with Gasteiger partial charge in [0.2, 0.25) is 0 Å². The van der Waals surface area contributed by atoms with Gasteiger partial charge >= 0.3 is 0 Å². The number of pyridine rings is 1. The highest BCUT2D eigenvalue weighted by atomic mass is 19.1. The SMILES string of the molecule is CCc1cc(=O)c2cc(F)c(-c3cncnc3)c(F)c2[nH]1. The highest BCUT2D eigenvalue weighted by molar-refractivity contribution is 5.85. The molecule has 6 heteroatoms. The molecule has 2 heterocycles. The summed E-state index contributed by atoms with van der Waals surface area (Å²) < 4.78 is 28.8. The van der Waals surface area contributed by atoms with E-state index < -0.39 is 17.1 Å². The molecule has 21 heavy (non-hydrogen) atoms. The van der Waals surface area contributed by atoms with Crippen LogP contribution in [-0.2, 0) is 6.42 Å². The van der Waals surface area contributed by atoms with Crippen LogP contribution in [0.25, 0.3) is 22.0 Å². The summed E-state index contributed by atoms with van der Waals surface area (Å²) in [5.41, 5.74) is 0.159. The van der Waals surface area contributed by atoms with E-state index in [9.17, 15) is 13.6 Å². The molecule has 4 nitrogen and oxygen atoms in total. The fourth-order valence-corrected chi connectivity index (χ4v) is 2.25. The van der Waals surface area contributed by atoms with Gasteiger partial charge in [-0.05, 0) is 12.5 Å². The Morgan fingerprint density at radius 3 is 2.57 bits per heavy atom. The maximum atomic E-state index is 14.6. The fourth-order valence-electron chi connectivity index (χ4n) is 2.25. The molecule has 0 bridgehead atoms. The van der Waals surface area contributed by atoms with E-state index in [4.69, 9.17) is 0 Å². The molecule has 0 aliphatic rings. The number of aryl methyl sites for hydroxylation is 1. The van der Waals surface area contributed by atoms with Gasteiger partial charge in [0.05, 0.1) is 16.5 Å². The lowest BCUT2D eigenvalue weighted by atomic mass is 10.0. The van der Waals surface area contributed by atoms with Crippen LogP contribution in [0.15, 0.2) is 35.6 Å². The van der Waals surface area contributed by atoms with Crippen LogP contribution in [0, 0.1) is 11.6 Å². The van der Waals surface area contributed by atoms with Gasteiger partial charge in [0.25, 0.3) is 0 Å². The van der Waals surface area contributed by atoms with E-state index in [1.807, 2.05) is 6.92 Å². The van der Waals surface area contributed by atoms with Gasteiger partial charge in [-0.3, -0.25) is 4.79 Å². The van der Waals surface area contributed by atoms with Gasteiger partial charge in [-0.2, -0.15) is 0 Å². The largest absolute Gasteiger partial charge is 0.356 e. The van der Waals surface area contributed by atoms with E-state index in [1.165, 1.54) is 24.8 Å². The predicted octanol–water partition coefficient (Wildman–Crippen LogP) is 2.83. The van der Waals surface area contributed by atoms with Crippen molar-refractivity contribution in [2.24, 2.45) is 0 Å². The van der Waals surface area contributed by atoms with Crippen molar-refractivity contribution in [3.8, 4) is 11.1 Å². The summed E-state index contributed by atoms with van der Waals surface area (Å²) in [5.74, 6) is -1.63. The van der Waals surface area contributed by atoms with Crippen LogP contribution in [0.5, 0.6) is 0 Å². The number of rotatable bonds is 2. The Balaban J connectivity index is 2.40. The Bertz CT molecular complexity index is 875. The number of aromatic nitrogens is 3. The average Bonchev–Trinajstić information content (AvgIpc) is 2.49. The molecule has 0 fully saturated rings. The van der Waals surface area contributed by atoms with Crippen molar-refractivity contribution < 1.29 is 8.78 Å². The highest BCUT2D eigenvalue weighted by Gasteiger charge is 2.18. The standard InChI is InChI=1S/C15H11F2N3O/c1-2-9-3-12(21)10-4-11(16)13(14(17)15(10)20-9)8-5-18-7-19-6-8/h3-7H,2H2,1H3,(H,20,21). The Labute approximate surface area is 118 Å². The van der Waals surface area contributed by atoms with E-state index in [-0.39, 0.29) is 22.0 Å². The Morgan fingerprint density at radius 2 is 1.90 bits per heavy atom. The molecule has 3 aromatic rings. The maximum absolute atomic E-state index is 14.6. The van der Waals surface area contributed by atoms with Gasteiger partial charge in [-0.15, -0.1) is 0 Å². The van der Waals surface area contributed by atoms with E-state index in [0.717, 1.165) is 6.07 Å². The first-order valence-corrected chi connectivity index (χ1v) is 6.41. The third kappa shape index (κ3) is 2.18. The monoisotopic (exact) mass is 287 g/mol. The minimum atomic E-state index is -0.815. The van der Waals surface area contributed by atoms with Crippen LogP contribution in [0.3, 0.4) is 0 Å². The summed E-state index contributed by atoms with van der Waals surface area (Å²) in [7, 11) is 0. The van der Waals surface area contributed by atoms with E-state index >= 15 is 0 Å². The Hall–Kier alpha value is -2.63. The molecular formula is C15H11F2N3O. The second-order valence-corrected chi connectivity index (χ2v) is 4.61. The minimum absolute atomic E-state index is 0.000368. The lowest BCUT2D eigenvalue weighted by Gasteiger charge is -2.09. The molecule has 0 amide bonds. The summed E-state index contributed by atoms with van der Waals surface area (Å²) in [6.07, 6.45) is 4.47. The quantitative estimate of drug-likeness (QED) is 0.788. The summed E-state index contributed by atoms with van der Waals surface area (Å²) in [4.78, 5) is 22.3. The lowest BCUT2D eigenvalue weighted by Crippen LogP contribution is -2.08. The van der Waals surface area contributed by atoms with Crippen molar-refractivity contribution in [1.29, 1.82) is 0 Å². The summed E-state index contributed by atoms with van der Waals surface area (Å²) >= 11 is 0. The third-order valence-electron chi connectivity index (χ3n) is 3.30. The van der Waals surface area contributed by atoms with Gasteiger partial charge < -0.3 is 4.98 Å². The first-order valence-electron chi connectivity index (χ1n) is 6.41. The number of nitrogens with one attached hydrogen (secondary N) is 1. The van der Waals surface area contributed by atoms with Gasteiger partial charge in [0, 0.05) is 29.7 Å². The second-order valence-electron chi connectivity index (χ2n) is 4.61. The van der Waals surface area contributed by atoms with Crippen LogP contribution < -0.4 is 5.43 Å². The van der Waals surface area contributed by atoms with Crippen molar-refractivity contribution in [3.05, 3.63) is 58.4 Å². The maximum Gasteiger partial charge on any atom is 0.189 e. The highest BCUT2D eigenvalue weighted by Crippen LogP contribution is 2.29. The molecule has 0 atom stereocenters. The van der Waals surface area contributed by atoms with Gasteiger partial charge in [0.1, 0.15) is 12.1 Å². The van der Waals surface area contributed by atoms with Gasteiger partial charge in [-0.25, -0.2) is 18.7 Å². The van der Waals surface area contributed by atoms with Gasteiger partial charge in [-0.1, -0.05) is 6.92 Å². The second kappa shape index (κ2) is 5.05.